The van der Waals surface area contributed by atoms with E-state index in [-0.39, 0.29) is 0 Å². The number of hydrogen-bond donors (Lipinski definition) is 1. The predicted molar refractivity (Wildman–Crippen MR) is 51.9 cm³/mol. The van der Waals surface area contributed by atoms with Crippen LogP contribution >= 0.6 is 12.8 Å². The summed E-state index contributed by atoms with van der Waals surface area (Å²) in [6, 6.07) is 0. The summed E-state index contributed by atoms with van der Waals surface area (Å²) in [5, 5.41) is 0. The summed E-state index contributed by atoms with van der Waals surface area (Å²) >= 11 is 4.30. The first-order chi connectivity index (χ1) is 5.00. The van der Waals surface area contributed by atoms with Gasteiger partial charge >= 0.3 is 0 Å². The van der Waals surface area contributed by atoms with Gasteiger partial charge in [-0.25, -0.2) is 0 Å². The molecule has 1 fully saturated rings. The Hall–Kier alpha value is 0.270. The van der Waals surface area contributed by atoms with Gasteiger partial charge in [-0.3, -0.25) is 9.21 Å². The van der Waals surface area contributed by atoms with Gasteiger partial charge in [0.15, 0.2) is 0 Å². The second-order valence-corrected chi connectivity index (χ2v) is 4.68. The van der Waals surface area contributed by atoms with Gasteiger partial charge in [0.25, 0.3) is 0 Å². The third-order valence-corrected chi connectivity index (χ3v) is 2.60. The molecule has 0 amide bonds. The summed E-state index contributed by atoms with van der Waals surface area (Å²) in [5.41, 5.74) is 0.328. The Kier molecular flexibility index (Phi) is 2.84. The lowest BCUT2D eigenvalue weighted by atomic mass is 10.1. The fraction of sp³-hybridized carbons (Fsp3) is 1.00. The molecule has 0 aromatic rings. The lowest BCUT2D eigenvalue weighted by molar-refractivity contribution is 0.0963. The number of piperazine rings is 1. The summed E-state index contributed by atoms with van der Waals surface area (Å²) < 4.78 is 2.09. The summed E-state index contributed by atoms with van der Waals surface area (Å²) in [7, 11) is 0. The first-order valence-electron chi connectivity index (χ1n) is 4.19. The van der Waals surface area contributed by atoms with Crippen molar-refractivity contribution < 1.29 is 0 Å². The van der Waals surface area contributed by atoms with Crippen LogP contribution in [0.5, 0.6) is 0 Å². The molecule has 0 atom stereocenters. The Morgan fingerprint density at radius 2 is 1.45 bits per heavy atom. The zero-order chi connectivity index (χ0) is 8.48. The molecule has 0 spiro atoms. The minimum absolute atomic E-state index is 0.328. The Labute approximate surface area is 75.1 Å². The van der Waals surface area contributed by atoms with Crippen molar-refractivity contribution in [2.75, 3.05) is 26.2 Å². The molecule has 1 aliphatic heterocycles. The van der Waals surface area contributed by atoms with Crippen LogP contribution in [0.25, 0.3) is 0 Å². The van der Waals surface area contributed by atoms with Gasteiger partial charge in [0.1, 0.15) is 0 Å². The van der Waals surface area contributed by atoms with Crippen molar-refractivity contribution in [1.82, 2.24) is 9.21 Å². The normalized spacial score (nSPS) is 24.0. The highest BCUT2D eigenvalue weighted by Gasteiger charge is 2.24. The molecule has 0 bridgehead atoms. The van der Waals surface area contributed by atoms with Crippen LogP contribution in [0.3, 0.4) is 0 Å². The molecular formula is C8H18N2S. The molecular weight excluding hydrogens is 156 g/mol. The standard InChI is InChI=1S/C8H18N2S/c1-8(2,3)9-4-6-10(11)7-5-9/h11H,4-7H2,1-3H3. The van der Waals surface area contributed by atoms with E-state index in [1.807, 2.05) is 0 Å². The van der Waals surface area contributed by atoms with Crippen LogP contribution in [0.15, 0.2) is 0 Å². The maximum atomic E-state index is 4.30. The maximum absolute atomic E-state index is 4.30. The smallest absolute Gasteiger partial charge is 0.0216 e. The molecule has 0 unspecified atom stereocenters. The Morgan fingerprint density at radius 1 is 1.00 bits per heavy atom. The van der Waals surface area contributed by atoms with Crippen LogP contribution in [0.1, 0.15) is 20.8 Å². The van der Waals surface area contributed by atoms with Crippen LogP contribution in [0.2, 0.25) is 0 Å². The molecule has 11 heavy (non-hydrogen) atoms. The monoisotopic (exact) mass is 174 g/mol. The predicted octanol–water partition coefficient (Wildman–Crippen LogP) is 1.25. The van der Waals surface area contributed by atoms with Crippen molar-refractivity contribution in [3.63, 3.8) is 0 Å². The first kappa shape index (κ1) is 9.36. The van der Waals surface area contributed by atoms with Crippen molar-refractivity contribution in [2.24, 2.45) is 0 Å². The SMILES string of the molecule is CC(C)(C)N1CCN(S)CC1. The van der Waals surface area contributed by atoms with Gasteiger partial charge < -0.3 is 0 Å². The van der Waals surface area contributed by atoms with Crippen LogP contribution in [0, 0.1) is 0 Å². The van der Waals surface area contributed by atoms with Crippen LogP contribution in [-0.2, 0) is 0 Å². The molecule has 0 aromatic heterocycles. The Balaban J connectivity index is 2.39. The first-order valence-corrected chi connectivity index (χ1v) is 4.59. The third kappa shape index (κ3) is 2.65. The summed E-state index contributed by atoms with van der Waals surface area (Å²) in [6.45, 7) is 11.3. The largest absolute Gasteiger partial charge is 0.296 e. The maximum Gasteiger partial charge on any atom is 0.0216 e. The molecule has 66 valence electrons. The lowest BCUT2D eigenvalue weighted by Gasteiger charge is -2.40. The van der Waals surface area contributed by atoms with Gasteiger partial charge in [-0.05, 0) is 20.8 Å². The summed E-state index contributed by atoms with van der Waals surface area (Å²) in [4.78, 5) is 2.50. The molecule has 0 radical (unpaired) electrons. The molecule has 0 aromatic carbocycles. The van der Waals surface area contributed by atoms with Gasteiger partial charge in [-0.1, -0.05) is 12.8 Å². The minimum atomic E-state index is 0.328. The number of nitrogens with zero attached hydrogens (tertiary/aromatic N) is 2. The molecule has 0 N–H and O–H groups in total. The topological polar surface area (TPSA) is 6.48 Å². The van der Waals surface area contributed by atoms with Gasteiger partial charge in [-0.2, -0.15) is 0 Å². The molecule has 2 nitrogen and oxygen atoms in total. The zero-order valence-electron chi connectivity index (χ0n) is 7.67. The molecule has 0 aliphatic carbocycles. The van der Waals surface area contributed by atoms with E-state index in [1.54, 1.807) is 0 Å². The lowest BCUT2D eigenvalue weighted by Crippen LogP contribution is -2.51. The van der Waals surface area contributed by atoms with E-state index in [1.165, 1.54) is 0 Å². The van der Waals surface area contributed by atoms with Crippen LogP contribution in [-0.4, -0.2) is 40.9 Å². The van der Waals surface area contributed by atoms with Gasteiger partial charge in [0.2, 0.25) is 0 Å². The van der Waals surface area contributed by atoms with E-state index in [9.17, 15) is 0 Å². The highest BCUT2D eigenvalue weighted by Crippen LogP contribution is 2.15. The minimum Gasteiger partial charge on any atom is -0.296 e. The van der Waals surface area contributed by atoms with E-state index in [0.29, 0.717) is 5.54 Å². The molecule has 1 rings (SSSR count). The van der Waals surface area contributed by atoms with Crippen molar-refractivity contribution >= 4 is 12.8 Å². The summed E-state index contributed by atoms with van der Waals surface area (Å²) in [5.74, 6) is 0. The third-order valence-electron chi connectivity index (χ3n) is 2.20. The van der Waals surface area contributed by atoms with Crippen molar-refractivity contribution in [1.29, 1.82) is 0 Å². The van der Waals surface area contributed by atoms with Gasteiger partial charge in [-0.15, -0.1) is 0 Å². The zero-order valence-corrected chi connectivity index (χ0v) is 8.56. The van der Waals surface area contributed by atoms with Crippen molar-refractivity contribution in [3.8, 4) is 0 Å². The van der Waals surface area contributed by atoms with E-state index in [4.69, 9.17) is 0 Å². The number of rotatable bonds is 0. The van der Waals surface area contributed by atoms with E-state index in [0.717, 1.165) is 26.2 Å². The second-order valence-electron chi connectivity index (χ2n) is 4.11. The molecule has 1 aliphatic rings. The van der Waals surface area contributed by atoms with Gasteiger partial charge in [0.05, 0.1) is 0 Å². The van der Waals surface area contributed by atoms with Crippen LogP contribution in [0.4, 0.5) is 0 Å². The van der Waals surface area contributed by atoms with Crippen LogP contribution < -0.4 is 0 Å². The highest BCUT2D eigenvalue weighted by atomic mass is 32.1. The summed E-state index contributed by atoms with van der Waals surface area (Å²) in [6.07, 6.45) is 0. The average molecular weight is 174 g/mol. The Morgan fingerprint density at radius 3 is 1.82 bits per heavy atom. The average Bonchev–Trinajstić information content (AvgIpc) is 1.86. The fourth-order valence-corrected chi connectivity index (χ4v) is 1.55. The van der Waals surface area contributed by atoms with E-state index in [2.05, 4.69) is 42.8 Å². The molecule has 1 heterocycles. The van der Waals surface area contributed by atoms with E-state index < -0.39 is 0 Å². The molecule has 1 saturated heterocycles. The fourth-order valence-electron chi connectivity index (χ4n) is 1.37. The number of hydrogen-bond acceptors (Lipinski definition) is 3. The van der Waals surface area contributed by atoms with E-state index >= 15 is 0 Å². The van der Waals surface area contributed by atoms with Crippen molar-refractivity contribution in [3.05, 3.63) is 0 Å². The van der Waals surface area contributed by atoms with Crippen molar-refractivity contribution in [2.45, 2.75) is 26.3 Å². The second kappa shape index (κ2) is 3.33. The quantitative estimate of drug-likeness (QED) is 0.552. The highest BCUT2D eigenvalue weighted by molar-refractivity contribution is 7.77. The molecule has 3 heteroatoms. The Bertz CT molecular complexity index is 123. The van der Waals surface area contributed by atoms with Gasteiger partial charge in [0, 0.05) is 31.7 Å². The number of thiol groups is 1. The molecule has 0 saturated carbocycles.